The molecule has 6 amide bonds. The monoisotopic (exact) mass is 1750 g/mol. The van der Waals surface area contributed by atoms with E-state index in [1.165, 1.54) is 48.9 Å². The van der Waals surface area contributed by atoms with Gasteiger partial charge < -0.3 is 78.5 Å². The second kappa shape index (κ2) is 40.6. The van der Waals surface area contributed by atoms with Gasteiger partial charge in [-0.05, 0) is 255 Å². The van der Waals surface area contributed by atoms with Gasteiger partial charge in [-0.25, -0.2) is 37.3 Å². The molecular formula is C92H119N11O21S. The van der Waals surface area contributed by atoms with Crippen LogP contribution < -0.4 is 60.3 Å². The molecule has 0 saturated carbocycles. The van der Waals surface area contributed by atoms with Gasteiger partial charge in [-0.2, -0.15) is 0 Å². The molecule has 6 aliphatic rings. The molecule has 1 spiro atoms. The van der Waals surface area contributed by atoms with E-state index in [2.05, 4.69) is 59.6 Å². The van der Waals surface area contributed by atoms with Crippen molar-refractivity contribution in [2.45, 2.75) is 244 Å². The maximum absolute atomic E-state index is 15.1. The molecule has 2 aliphatic carbocycles. The van der Waals surface area contributed by atoms with Crippen molar-refractivity contribution in [2.75, 3.05) is 53.5 Å². The number of aliphatic imine (C=N–C) groups is 1. The number of likely N-dealkylation sites (tertiary alicyclic amines) is 2. The quantitative estimate of drug-likeness (QED) is 0.00473. The Morgan fingerprint density at radius 3 is 2.11 bits per heavy atom. The van der Waals surface area contributed by atoms with Gasteiger partial charge >= 0.3 is 30.2 Å². The number of alkyl carbamates (subject to hydrolysis) is 2. The molecule has 2 unspecified atom stereocenters. The summed E-state index contributed by atoms with van der Waals surface area (Å²) in [5.74, 6) is -2.43. The van der Waals surface area contributed by atoms with E-state index < -0.39 is 116 Å². The Bertz CT molecular complexity index is 5010. The predicted molar refractivity (Wildman–Crippen MR) is 464 cm³/mol. The molecule has 11 rings (SSSR count). The Morgan fingerprint density at radius 1 is 0.744 bits per heavy atom. The molecule has 2 saturated heterocycles. The normalized spacial score (nSPS) is 19.4. The Morgan fingerprint density at radius 2 is 1.43 bits per heavy atom. The van der Waals surface area contributed by atoms with E-state index in [1.54, 1.807) is 79.5 Å². The number of hydrogen-bond donors (Lipinski definition) is 8. The predicted octanol–water partition coefficient (Wildman–Crippen LogP) is 11.7. The highest BCUT2D eigenvalue weighted by atomic mass is 32.2. The largest absolute Gasteiger partial charge is 0.493 e. The zero-order chi connectivity index (χ0) is 90.5. The number of benzene rings is 5. The van der Waals surface area contributed by atoms with E-state index in [4.69, 9.17) is 48.0 Å². The molecule has 8 atom stereocenters. The van der Waals surface area contributed by atoms with E-state index >= 15 is 4.79 Å². The fraction of sp³-hybridized carbons (Fsp3) is 0.522. The van der Waals surface area contributed by atoms with Crippen molar-refractivity contribution in [1.29, 1.82) is 5.41 Å². The SMILES string of the molecule is COc1ccc2c3c1O[C@H]1C(OC(=O)N4CCC(C(=O)NCCCC[C@H](CC(=O)OCc5ccccc5)C(=O)NCCOc5ccc(C(=O)Oc6ccc(N=C(NC(=O)OC(C)(C)C)NC(=O)OC(C)(C)C)cc6)cc5)CC4CCC(=O)[C@@H](CCCNC(=N)NS(=O)(=O)c4c(C)c(C)c5c(c4C)CC(C)(C)O5)NC(=O)CCC(C)=O)=CC[C@H]4[C@@H](C2)N(C)CC[C@]314. The third kappa shape index (κ3) is 24.3. The van der Waals surface area contributed by atoms with Crippen LogP contribution in [0.15, 0.2) is 113 Å². The molecule has 4 heterocycles. The lowest BCUT2D eigenvalue weighted by Crippen LogP contribution is -2.63. The highest BCUT2D eigenvalue weighted by molar-refractivity contribution is 7.90. The number of fused-ring (bicyclic) bond motifs is 1. The van der Waals surface area contributed by atoms with Gasteiger partial charge in [0.05, 0.1) is 42.3 Å². The topological polar surface area (TPSA) is 415 Å². The van der Waals surface area contributed by atoms with Crippen LogP contribution in [0.5, 0.6) is 28.7 Å². The second-order valence-electron chi connectivity index (χ2n) is 35.6. The first-order valence-corrected chi connectivity index (χ1v) is 44.3. The van der Waals surface area contributed by atoms with Crippen molar-refractivity contribution in [1.82, 2.24) is 46.4 Å². The summed E-state index contributed by atoms with van der Waals surface area (Å²) in [7, 11) is -0.524. The molecule has 0 radical (unpaired) electrons. The van der Waals surface area contributed by atoms with E-state index in [0.29, 0.717) is 71.1 Å². The van der Waals surface area contributed by atoms with E-state index in [9.17, 15) is 51.6 Å². The van der Waals surface area contributed by atoms with Gasteiger partial charge in [0.15, 0.2) is 23.4 Å². The molecule has 2 bridgehead atoms. The van der Waals surface area contributed by atoms with E-state index in [-0.39, 0.29) is 155 Å². The van der Waals surface area contributed by atoms with Crippen LogP contribution in [0.3, 0.4) is 0 Å². The molecule has 125 heavy (non-hydrogen) atoms. The van der Waals surface area contributed by atoms with Gasteiger partial charge in [-0.15, -0.1) is 0 Å². The molecule has 0 aromatic heterocycles. The van der Waals surface area contributed by atoms with Crippen LogP contribution in [0.2, 0.25) is 0 Å². The minimum atomic E-state index is -4.27. The standard InChI is InChI=1S/C92H119N11O21S/c1-54(104)25-40-74(106)98-69(24-20-44-96-84(93)101-125(114,115)79-56(3)55(2)77-67(57(79)4)52-91(11,12)122-77)71(105)37-31-64-49-62(41-46-103(64)88(113)120-73-39-36-68-70-50-60-28-38-72(116-14)78-76(60)92(68,80(73)121-78)42-47-102(70)13)82(109)94-43-19-18-23-61(51-75(107)118-53-58-21-16-15-17-22-58)81(108)95-45-48-117-65-32-26-59(27-33-65)83(110)119-66-34-29-63(30-35-66)97-85(99-86(111)123-89(5,6)7)100-87(112)124-90(8,9)10/h15-17,21-22,26-30,32-35,38-39,61-62,64,68-70,80H,18-20,23-25,31,36-37,40-53H2,1-14H3,(H,94,109)(H,95,108)(H,98,106)(H3,93,96,101)(H2,97,99,100,111,112)/t61-,62?,64?,68+,69-,70-,80+,92+/m1/s1. The molecule has 5 aromatic rings. The lowest BCUT2D eigenvalue weighted by molar-refractivity contribution is -0.148. The number of hydrogen-bond acceptors (Lipinski definition) is 24. The number of rotatable bonds is 34. The molecule has 33 heteroatoms. The zero-order valence-electron chi connectivity index (χ0n) is 73.9. The minimum Gasteiger partial charge on any atom is -0.493 e. The van der Waals surface area contributed by atoms with Crippen LogP contribution in [0.25, 0.3) is 0 Å². The fourth-order valence-corrected chi connectivity index (χ4v) is 18.9. The molecule has 674 valence electrons. The number of ketones is 2. The summed E-state index contributed by atoms with van der Waals surface area (Å²) in [6.07, 6.45) is 2.62. The summed E-state index contributed by atoms with van der Waals surface area (Å²) >= 11 is 0. The zero-order valence-corrected chi connectivity index (χ0v) is 74.7. The highest BCUT2D eigenvalue weighted by Gasteiger charge is 2.65. The first kappa shape index (κ1) is 94.1. The number of allylic oxidation sites excluding steroid dienone is 1. The third-order valence-corrected chi connectivity index (χ3v) is 25.1. The summed E-state index contributed by atoms with van der Waals surface area (Å²) in [6.45, 7) is 21.7. The fourth-order valence-electron chi connectivity index (χ4n) is 17.4. The Hall–Kier alpha value is -11.6. The van der Waals surface area contributed by atoms with Crippen molar-refractivity contribution in [2.24, 2.45) is 22.7 Å². The summed E-state index contributed by atoms with van der Waals surface area (Å²) in [4.78, 5) is 144. The summed E-state index contributed by atoms with van der Waals surface area (Å²) < 4.78 is 83.8. The van der Waals surface area contributed by atoms with Gasteiger partial charge in [0, 0.05) is 85.8 Å². The summed E-state index contributed by atoms with van der Waals surface area (Å²) in [5, 5.41) is 25.1. The van der Waals surface area contributed by atoms with Gasteiger partial charge in [0.1, 0.15) is 58.8 Å². The third-order valence-electron chi connectivity index (χ3n) is 23.5. The molecule has 2 fully saturated rings. The smallest absolute Gasteiger partial charge is 0.415 e. The van der Waals surface area contributed by atoms with Gasteiger partial charge in [-0.1, -0.05) is 42.8 Å². The number of ether oxygens (including phenoxy) is 9. The average molecular weight is 1750 g/mol. The first-order chi connectivity index (χ1) is 59.2. The lowest BCUT2D eigenvalue weighted by atomic mass is 9.53. The number of methoxy groups -OCH3 is 1. The number of unbranched alkanes of at least 4 members (excludes halogenated alkanes) is 1. The van der Waals surface area contributed by atoms with Crippen LogP contribution >= 0.6 is 0 Å². The molecule has 5 aromatic carbocycles. The number of Topliss-reactive ketones (excluding diaryl/α,β-unsaturated/α-hetero) is 2. The number of likely N-dealkylation sites (N-methyl/N-ethyl adjacent to an activating group) is 1. The average Bonchev–Trinajstić information content (AvgIpc) is 1.54. The van der Waals surface area contributed by atoms with E-state index in [0.717, 1.165) is 36.1 Å². The second-order valence-corrected chi connectivity index (χ2v) is 37.2. The number of piperidine rings is 2. The van der Waals surface area contributed by atoms with Gasteiger partial charge in [-0.3, -0.25) is 40.0 Å². The number of nitrogens with one attached hydrogen (secondary N) is 8. The van der Waals surface area contributed by atoms with Crippen molar-refractivity contribution >= 4 is 87.1 Å². The van der Waals surface area contributed by atoms with Crippen molar-refractivity contribution < 1.29 is 99.0 Å². The molecule has 4 aliphatic heterocycles. The van der Waals surface area contributed by atoms with Crippen molar-refractivity contribution in [3.8, 4) is 28.7 Å². The van der Waals surface area contributed by atoms with Crippen LogP contribution in [0.1, 0.15) is 202 Å². The summed E-state index contributed by atoms with van der Waals surface area (Å²) in [5.41, 5.74) is 3.27. The summed E-state index contributed by atoms with van der Waals surface area (Å²) in [6, 6.07) is 23.6. The van der Waals surface area contributed by atoms with Crippen LogP contribution in [-0.2, 0) is 82.6 Å². The van der Waals surface area contributed by atoms with Crippen LogP contribution in [0.4, 0.5) is 20.1 Å². The number of carbonyl (C=O) groups is 10. The first-order valence-electron chi connectivity index (χ1n) is 42.8. The maximum atomic E-state index is 15.1. The number of esters is 2. The van der Waals surface area contributed by atoms with Crippen LogP contribution in [-0.4, -0.2) is 184 Å². The maximum Gasteiger partial charge on any atom is 0.415 e. The van der Waals surface area contributed by atoms with Gasteiger partial charge in [0.2, 0.25) is 29.6 Å². The number of guanidine groups is 2. The number of nitrogens with zero attached hydrogens (tertiary/aromatic N) is 3. The lowest BCUT2D eigenvalue weighted by Gasteiger charge is -2.56. The van der Waals surface area contributed by atoms with Gasteiger partial charge in [0.25, 0.3) is 10.0 Å². The van der Waals surface area contributed by atoms with Crippen molar-refractivity contribution in [3.63, 3.8) is 0 Å². The number of sulfonamides is 1. The number of carbonyl (C=O) groups excluding carboxylic acids is 10. The highest BCUT2D eigenvalue weighted by Crippen LogP contribution is 2.64. The Labute approximate surface area is 730 Å². The van der Waals surface area contributed by atoms with Crippen LogP contribution in [0, 0.1) is 43.9 Å². The Balaban J connectivity index is 0.712. The van der Waals surface area contributed by atoms with E-state index in [1.807, 2.05) is 63.2 Å². The number of amides is 6. The molecule has 8 N–H and O–H groups in total. The molecular weight excluding hydrogens is 1630 g/mol. The minimum absolute atomic E-state index is 0.00204. The molecule has 32 nitrogen and oxygen atoms in total. The Kier molecular flexibility index (Phi) is 30.5. The van der Waals surface area contributed by atoms with Crippen molar-refractivity contribution in [3.05, 3.63) is 147 Å².